The fourth-order valence-corrected chi connectivity index (χ4v) is 2.53. The minimum atomic E-state index is 0. The first kappa shape index (κ1) is 18.3. The molecular formula is C15H28IN5. The Balaban J connectivity index is 0.00000220. The summed E-state index contributed by atoms with van der Waals surface area (Å²) in [4.78, 5) is 6.56. The lowest BCUT2D eigenvalue weighted by Crippen LogP contribution is -2.40. The predicted molar refractivity (Wildman–Crippen MR) is 98.2 cm³/mol. The number of aryl methyl sites for hydroxylation is 1. The fourth-order valence-electron chi connectivity index (χ4n) is 2.53. The van der Waals surface area contributed by atoms with E-state index in [-0.39, 0.29) is 24.0 Å². The SMILES string of the molecule is CN=C(NC1CC1C)N(C)Cc1cn(C)nc1C(C)C.I. The molecule has 0 amide bonds. The van der Waals surface area contributed by atoms with Gasteiger partial charge in [-0.1, -0.05) is 20.8 Å². The predicted octanol–water partition coefficient (Wildman–Crippen LogP) is 2.58. The van der Waals surface area contributed by atoms with Crippen LogP contribution in [-0.2, 0) is 13.6 Å². The van der Waals surface area contributed by atoms with Gasteiger partial charge in [-0.15, -0.1) is 24.0 Å². The van der Waals surface area contributed by atoms with Gasteiger partial charge in [0.25, 0.3) is 0 Å². The van der Waals surface area contributed by atoms with Crippen LogP contribution in [0.15, 0.2) is 11.2 Å². The molecule has 0 bridgehead atoms. The molecule has 1 heterocycles. The molecule has 0 spiro atoms. The molecule has 2 atom stereocenters. The van der Waals surface area contributed by atoms with Crippen LogP contribution in [0, 0.1) is 5.92 Å². The van der Waals surface area contributed by atoms with Crippen LogP contribution in [0.5, 0.6) is 0 Å². The quantitative estimate of drug-likeness (QED) is 0.476. The zero-order valence-electron chi connectivity index (χ0n) is 13.9. The Morgan fingerprint density at radius 3 is 2.67 bits per heavy atom. The summed E-state index contributed by atoms with van der Waals surface area (Å²) in [6.07, 6.45) is 3.36. The van der Waals surface area contributed by atoms with E-state index in [1.165, 1.54) is 17.7 Å². The number of nitrogens with zero attached hydrogens (tertiary/aromatic N) is 4. The maximum Gasteiger partial charge on any atom is 0.193 e. The van der Waals surface area contributed by atoms with Gasteiger partial charge in [-0.2, -0.15) is 5.10 Å². The highest BCUT2D eigenvalue weighted by atomic mass is 127. The minimum absolute atomic E-state index is 0. The van der Waals surface area contributed by atoms with Gasteiger partial charge in [0.1, 0.15) is 0 Å². The molecule has 2 unspecified atom stereocenters. The van der Waals surface area contributed by atoms with Crippen LogP contribution in [0.3, 0.4) is 0 Å². The van der Waals surface area contributed by atoms with Gasteiger partial charge in [0.2, 0.25) is 0 Å². The average molecular weight is 405 g/mol. The number of guanidine groups is 1. The van der Waals surface area contributed by atoms with E-state index in [0.29, 0.717) is 12.0 Å². The first-order chi connectivity index (χ1) is 9.42. The first-order valence-electron chi connectivity index (χ1n) is 7.39. The topological polar surface area (TPSA) is 45.5 Å². The van der Waals surface area contributed by atoms with Crippen molar-refractivity contribution in [2.75, 3.05) is 14.1 Å². The van der Waals surface area contributed by atoms with E-state index in [9.17, 15) is 0 Å². The van der Waals surface area contributed by atoms with E-state index < -0.39 is 0 Å². The number of nitrogens with one attached hydrogen (secondary N) is 1. The van der Waals surface area contributed by atoms with E-state index in [2.05, 4.69) is 54.3 Å². The second kappa shape index (κ2) is 7.47. The highest BCUT2D eigenvalue weighted by Gasteiger charge is 2.33. The minimum Gasteiger partial charge on any atom is -0.353 e. The molecule has 5 nitrogen and oxygen atoms in total. The van der Waals surface area contributed by atoms with Crippen molar-refractivity contribution >= 4 is 29.9 Å². The Morgan fingerprint density at radius 1 is 1.57 bits per heavy atom. The molecule has 1 aromatic rings. The normalized spacial score (nSPS) is 21.2. The van der Waals surface area contributed by atoms with Crippen LogP contribution in [-0.4, -0.2) is 40.8 Å². The Morgan fingerprint density at radius 2 is 2.19 bits per heavy atom. The van der Waals surface area contributed by atoms with Gasteiger partial charge in [0, 0.05) is 45.5 Å². The maximum absolute atomic E-state index is 4.56. The third-order valence-corrected chi connectivity index (χ3v) is 3.89. The molecule has 120 valence electrons. The van der Waals surface area contributed by atoms with E-state index in [1.807, 2.05) is 18.8 Å². The number of halogens is 1. The van der Waals surface area contributed by atoms with Gasteiger partial charge < -0.3 is 10.2 Å². The Kier molecular flexibility index (Phi) is 6.49. The summed E-state index contributed by atoms with van der Waals surface area (Å²) in [5, 5.41) is 8.08. The molecule has 1 N–H and O–H groups in total. The van der Waals surface area contributed by atoms with Gasteiger partial charge in [0.15, 0.2) is 5.96 Å². The van der Waals surface area contributed by atoms with E-state index in [4.69, 9.17) is 0 Å². The van der Waals surface area contributed by atoms with Crippen molar-refractivity contribution in [3.05, 3.63) is 17.5 Å². The summed E-state index contributed by atoms with van der Waals surface area (Å²) in [5.74, 6) is 2.18. The summed E-state index contributed by atoms with van der Waals surface area (Å²) in [6.45, 7) is 7.47. The largest absolute Gasteiger partial charge is 0.353 e. The summed E-state index contributed by atoms with van der Waals surface area (Å²) >= 11 is 0. The second-order valence-corrected chi connectivity index (χ2v) is 6.24. The molecule has 0 saturated heterocycles. The lowest BCUT2D eigenvalue weighted by molar-refractivity contribution is 0.471. The first-order valence-corrected chi connectivity index (χ1v) is 7.39. The van der Waals surface area contributed by atoms with E-state index in [0.717, 1.165) is 18.4 Å². The van der Waals surface area contributed by atoms with Gasteiger partial charge >= 0.3 is 0 Å². The molecule has 1 fully saturated rings. The van der Waals surface area contributed by atoms with Gasteiger partial charge in [-0.3, -0.25) is 9.67 Å². The summed E-state index contributed by atoms with van der Waals surface area (Å²) in [6, 6.07) is 0.592. The number of aromatic nitrogens is 2. The van der Waals surface area contributed by atoms with Crippen molar-refractivity contribution in [2.45, 2.75) is 45.7 Å². The van der Waals surface area contributed by atoms with Crippen LogP contribution in [0.1, 0.15) is 44.4 Å². The summed E-state index contributed by atoms with van der Waals surface area (Å²) in [5.41, 5.74) is 2.45. The van der Waals surface area contributed by atoms with Crippen molar-refractivity contribution in [3.63, 3.8) is 0 Å². The maximum atomic E-state index is 4.56. The lowest BCUT2D eigenvalue weighted by atomic mass is 10.1. The lowest BCUT2D eigenvalue weighted by Gasteiger charge is -2.22. The van der Waals surface area contributed by atoms with Gasteiger partial charge in [-0.05, 0) is 18.3 Å². The molecule has 1 aromatic heterocycles. The zero-order chi connectivity index (χ0) is 14.9. The fraction of sp³-hybridized carbons (Fsp3) is 0.733. The van der Waals surface area contributed by atoms with Crippen molar-refractivity contribution in [1.29, 1.82) is 0 Å². The molecule has 21 heavy (non-hydrogen) atoms. The summed E-state index contributed by atoms with van der Waals surface area (Å²) < 4.78 is 1.90. The smallest absolute Gasteiger partial charge is 0.193 e. The molecule has 1 aliphatic rings. The van der Waals surface area contributed by atoms with Crippen molar-refractivity contribution in [2.24, 2.45) is 18.0 Å². The monoisotopic (exact) mass is 405 g/mol. The third kappa shape index (κ3) is 4.59. The highest BCUT2D eigenvalue weighted by molar-refractivity contribution is 14.0. The van der Waals surface area contributed by atoms with Gasteiger partial charge in [0.05, 0.1) is 5.69 Å². The van der Waals surface area contributed by atoms with Crippen LogP contribution < -0.4 is 5.32 Å². The molecule has 0 aromatic carbocycles. The third-order valence-electron chi connectivity index (χ3n) is 3.89. The number of aliphatic imine (C=N–C) groups is 1. The standard InChI is InChI=1S/C15H27N5.HI/c1-10(2)14-12(9-20(6)18-14)8-19(5)15(16-4)17-13-7-11(13)3;/h9-11,13H,7-8H2,1-6H3,(H,16,17);1H. The average Bonchev–Trinajstić information content (AvgIpc) is 2.94. The molecule has 2 rings (SSSR count). The molecule has 0 radical (unpaired) electrons. The van der Waals surface area contributed by atoms with Crippen LogP contribution in [0.2, 0.25) is 0 Å². The molecule has 6 heteroatoms. The van der Waals surface area contributed by atoms with Gasteiger partial charge in [-0.25, -0.2) is 0 Å². The summed E-state index contributed by atoms with van der Waals surface area (Å²) in [7, 11) is 5.91. The molecule has 1 saturated carbocycles. The molecular weight excluding hydrogens is 377 g/mol. The van der Waals surface area contributed by atoms with Crippen molar-refractivity contribution < 1.29 is 0 Å². The number of hydrogen-bond acceptors (Lipinski definition) is 2. The van der Waals surface area contributed by atoms with E-state index in [1.54, 1.807) is 0 Å². The number of hydrogen-bond donors (Lipinski definition) is 1. The van der Waals surface area contributed by atoms with E-state index >= 15 is 0 Å². The second-order valence-electron chi connectivity index (χ2n) is 6.24. The Hall–Kier alpha value is -0.790. The Labute approximate surface area is 145 Å². The zero-order valence-corrected chi connectivity index (χ0v) is 16.3. The van der Waals surface area contributed by atoms with Crippen LogP contribution >= 0.6 is 24.0 Å². The molecule has 0 aliphatic heterocycles. The van der Waals surface area contributed by atoms with Crippen molar-refractivity contribution in [1.82, 2.24) is 20.0 Å². The number of rotatable bonds is 4. The Bertz CT molecular complexity index is 494. The highest BCUT2D eigenvalue weighted by Crippen LogP contribution is 2.29. The van der Waals surface area contributed by atoms with Crippen molar-refractivity contribution in [3.8, 4) is 0 Å². The molecule has 1 aliphatic carbocycles. The van der Waals surface area contributed by atoms with Crippen LogP contribution in [0.4, 0.5) is 0 Å². The van der Waals surface area contributed by atoms with Crippen LogP contribution in [0.25, 0.3) is 0 Å².